The Morgan fingerprint density at radius 3 is 2.88 bits per heavy atom. The van der Waals surface area contributed by atoms with Crippen molar-refractivity contribution in [2.45, 2.75) is 5.92 Å². The maximum Gasteiger partial charge on any atom is 0.350 e. The van der Waals surface area contributed by atoms with Gasteiger partial charge >= 0.3 is 11.8 Å². The average molecular weight is 302 g/mol. The van der Waals surface area contributed by atoms with E-state index in [1.54, 1.807) is 7.05 Å². The third-order valence-electron chi connectivity index (χ3n) is 2.79. The lowest BCUT2D eigenvalue weighted by Crippen LogP contribution is -2.35. The fraction of sp³-hybridized carbons (Fsp3) is 0.200. The van der Waals surface area contributed by atoms with Crippen molar-refractivity contribution in [1.82, 2.24) is 9.78 Å². The molecule has 0 spiro atoms. The van der Waals surface area contributed by atoms with Crippen molar-refractivity contribution < 1.29 is 13.6 Å². The molecule has 1 aliphatic heterocycles. The van der Waals surface area contributed by atoms with Gasteiger partial charge in [-0.15, -0.1) is 0 Å². The number of rotatable bonds is 0. The van der Waals surface area contributed by atoms with E-state index in [2.05, 4.69) is 26.3 Å². The Morgan fingerprint density at radius 1 is 1.47 bits per heavy atom. The fourth-order valence-corrected chi connectivity index (χ4v) is 2.62. The zero-order valence-corrected chi connectivity index (χ0v) is 10.2. The van der Waals surface area contributed by atoms with Gasteiger partial charge < -0.3 is 5.32 Å². The molecule has 3 rings (SSSR count). The van der Waals surface area contributed by atoms with E-state index in [0.717, 1.165) is 0 Å². The quantitative estimate of drug-likeness (QED) is 0.812. The molecule has 88 valence electrons. The number of aromatic nitrogens is 2. The van der Waals surface area contributed by atoms with Crippen LogP contribution >= 0.6 is 15.9 Å². The zero-order chi connectivity index (χ0) is 12.4. The molecule has 1 aromatic carbocycles. The van der Waals surface area contributed by atoms with Crippen LogP contribution in [0.15, 0.2) is 16.6 Å². The summed E-state index contributed by atoms with van der Waals surface area (Å²) >= 11 is 3.28. The van der Waals surface area contributed by atoms with E-state index in [4.69, 9.17) is 0 Å². The summed E-state index contributed by atoms with van der Waals surface area (Å²) in [7, 11) is 1.63. The first kappa shape index (κ1) is 10.6. The minimum absolute atomic E-state index is 0.176. The van der Waals surface area contributed by atoms with Gasteiger partial charge in [-0.2, -0.15) is 13.9 Å². The minimum Gasteiger partial charge on any atom is -0.303 e. The molecule has 0 aliphatic carbocycles. The van der Waals surface area contributed by atoms with Crippen molar-refractivity contribution in [2.24, 2.45) is 7.05 Å². The fourth-order valence-electron chi connectivity index (χ4n) is 2.03. The Morgan fingerprint density at radius 2 is 2.18 bits per heavy atom. The maximum atomic E-state index is 13.7. The monoisotopic (exact) mass is 301 g/mol. The summed E-state index contributed by atoms with van der Waals surface area (Å²) in [4.78, 5) is 11.3. The second kappa shape index (κ2) is 3.04. The molecule has 1 aromatic heterocycles. The molecule has 17 heavy (non-hydrogen) atoms. The van der Waals surface area contributed by atoms with Gasteiger partial charge in [-0.1, -0.05) is 6.07 Å². The first-order chi connectivity index (χ1) is 7.93. The predicted octanol–water partition coefficient (Wildman–Crippen LogP) is 2.38. The third-order valence-corrected chi connectivity index (χ3v) is 3.43. The molecule has 0 atom stereocenters. The molecule has 1 aliphatic rings. The zero-order valence-electron chi connectivity index (χ0n) is 8.59. The molecule has 0 fully saturated rings. The number of benzene rings is 1. The van der Waals surface area contributed by atoms with E-state index >= 15 is 0 Å². The van der Waals surface area contributed by atoms with Gasteiger partial charge in [-0.25, -0.2) is 0 Å². The molecule has 2 heterocycles. The van der Waals surface area contributed by atoms with Crippen LogP contribution in [0.1, 0.15) is 5.56 Å². The van der Waals surface area contributed by atoms with Crippen molar-refractivity contribution in [1.29, 1.82) is 0 Å². The van der Waals surface area contributed by atoms with E-state index in [1.807, 2.05) is 0 Å². The highest BCUT2D eigenvalue weighted by Gasteiger charge is 2.47. The molecule has 1 amide bonds. The van der Waals surface area contributed by atoms with E-state index in [0.29, 0.717) is 9.99 Å². The third kappa shape index (κ3) is 1.20. The Hall–Kier alpha value is -1.50. The lowest BCUT2D eigenvalue weighted by atomic mass is 10.00. The van der Waals surface area contributed by atoms with Crippen LogP contribution in [0, 0.1) is 0 Å². The number of carbonyl (C=O) groups excluding carboxylic acids is 1. The molecule has 0 bridgehead atoms. The molecule has 0 radical (unpaired) electrons. The summed E-state index contributed by atoms with van der Waals surface area (Å²) in [6.07, 6.45) is 0. The van der Waals surface area contributed by atoms with Gasteiger partial charge in [0.1, 0.15) is 0 Å². The SMILES string of the molecule is Cn1nc2c3c(ccc(Br)c31)C(F)(F)C(=O)N2. The number of amides is 1. The van der Waals surface area contributed by atoms with E-state index in [9.17, 15) is 13.6 Å². The number of carbonyl (C=O) groups is 1. The number of hydrogen-bond acceptors (Lipinski definition) is 2. The van der Waals surface area contributed by atoms with Gasteiger partial charge in [0.05, 0.1) is 10.9 Å². The number of nitrogens with zero attached hydrogens (tertiary/aromatic N) is 2. The number of hydrogen-bond donors (Lipinski definition) is 1. The van der Waals surface area contributed by atoms with Crippen LogP contribution in [-0.4, -0.2) is 15.7 Å². The Labute approximate surface area is 103 Å². The number of alkyl halides is 2. The standard InChI is InChI=1S/C10H6BrF2N3O/c1-16-7-5(11)3-2-4-6(7)8(15-16)14-9(17)10(4,12)13/h2-3H,1H3,(H,14,15,17). The second-order valence-electron chi connectivity index (χ2n) is 3.82. The van der Waals surface area contributed by atoms with Crippen LogP contribution in [0.25, 0.3) is 10.9 Å². The van der Waals surface area contributed by atoms with Crippen molar-refractivity contribution in [2.75, 3.05) is 5.32 Å². The smallest absolute Gasteiger partial charge is 0.303 e. The van der Waals surface area contributed by atoms with E-state index in [1.165, 1.54) is 16.8 Å². The average Bonchev–Trinajstić information content (AvgIpc) is 2.56. The van der Waals surface area contributed by atoms with Crippen molar-refractivity contribution in [3.8, 4) is 0 Å². The van der Waals surface area contributed by atoms with Crippen LogP contribution in [0.4, 0.5) is 14.6 Å². The first-order valence-corrected chi connectivity index (χ1v) is 5.57. The van der Waals surface area contributed by atoms with Gasteiger partial charge in [-0.3, -0.25) is 9.48 Å². The van der Waals surface area contributed by atoms with Gasteiger partial charge in [0.25, 0.3) is 0 Å². The number of aryl methyl sites for hydroxylation is 1. The number of nitrogens with one attached hydrogen (secondary N) is 1. The molecule has 2 aromatic rings. The van der Waals surface area contributed by atoms with Crippen LogP contribution in [0.5, 0.6) is 0 Å². The lowest BCUT2D eigenvalue weighted by Gasteiger charge is -2.21. The molecule has 0 unspecified atom stereocenters. The normalized spacial score (nSPS) is 17.3. The van der Waals surface area contributed by atoms with Gasteiger partial charge in [0, 0.05) is 17.1 Å². The van der Waals surface area contributed by atoms with E-state index < -0.39 is 11.8 Å². The van der Waals surface area contributed by atoms with Gasteiger partial charge in [-0.05, 0) is 22.0 Å². The summed E-state index contributed by atoms with van der Waals surface area (Å²) in [5.41, 5.74) is 0.236. The van der Waals surface area contributed by atoms with E-state index in [-0.39, 0.29) is 16.8 Å². The predicted molar refractivity (Wildman–Crippen MR) is 60.9 cm³/mol. The lowest BCUT2D eigenvalue weighted by molar-refractivity contribution is -0.141. The molecule has 4 nitrogen and oxygen atoms in total. The summed E-state index contributed by atoms with van der Waals surface area (Å²) < 4.78 is 29.6. The van der Waals surface area contributed by atoms with Gasteiger partial charge in [0.15, 0.2) is 5.82 Å². The highest BCUT2D eigenvalue weighted by molar-refractivity contribution is 9.10. The maximum absolute atomic E-state index is 13.7. The highest BCUT2D eigenvalue weighted by Crippen LogP contribution is 2.43. The first-order valence-electron chi connectivity index (χ1n) is 4.78. The Balaban J connectivity index is 2.52. The topological polar surface area (TPSA) is 46.9 Å². The molecule has 0 saturated carbocycles. The van der Waals surface area contributed by atoms with Gasteiger partial charge in [0.2, 0.25) is 0 Å². The summed E-state index contributed by atoms with van der Waals surface area (Å²) in [5, 5.41) is 6.42. The summed E-state index contributed by atoms with van der Waals surface area (Å²) in [6, 6.07) is 2.74. The van der Waals surface area contributed by atoms with Crippen molar-refractivity contribution >= 4 is 38.6 Å². The Bertz CT molecular complexity index is 665. The van der Waals surface area contributed by atoms with Crippen LogP contribution < -0.4 is 5.32 Å². The molecule has 7 heteroatoms. The second-order valence-corrected chi connectivity index (χ2v) is 4.67. The molecule has 0 saturated heterocycles. The number of halogens is 3. The van der Waals surface area contributed by atoms with Crippen LogP contribution in [0.2, 0.25) is 0 Å². The number of anilines is 1. The van der Waals surface area contributed by atoms with Crippen molar-refractivity contribution in [3.05, 3.63) is 22.2 Å². The minimum atomic E-state index is -3.52. The largest absolute Gasteiger partial charge is 0.350 e. The summed E-state index contributed by atoms with van der Waals surface area (Å²) in [6.45, 7) is 0. The van der Waals surface area contributed by atoms with Crippen molar-refractivity contribution in [3.63, 3.8) is 0 Å². The molecule has 1 N–H and O–H groups in total. The highest BCUT2D eigenvalue weighted by atomic mass is 79.9. The van der Waals surface area contributed by atoms with Crippen LogP contribution in [0.3, 0.4) is 0 Å². The molecular weight excluding hydrogens is 296 g/mol. The molecular formula is C10H6BrF2N3O. The Kier molecular flexibility index (Phi) is 1.90. The van der Waals surface area contributed by atoms with Crippen LogP contribution in [-0.2, 0) is 17.8 Å². The summed E-state index contributed by atoms with van der Waals surface area (Å²) in [5.74, 6) is -4.68.